The van der Waals surface area contributed by atoms with Gasteiger partial charge in [0, 0.05) is 49.7 Å². The third kappa shape index (κ3) is 5.29. The fourth-order valence-electron chi connectivity index (χ4n) is 6.20. The summed E-state index contributed by atoms with van der Waals surface area (Å²) in [4.78, 5) is 19.6. The Morgan fingerprint density at radius 3 is 2.23 bits per heavy atom. The first-order valence-electron chi connectivity index (χ1n) is 14.0. The van der Waals surface area contributed by atoms with Crippen LogP contribution in [0.1, 0.15) is 42.7 Å². The summed E-state index contributed by atoms with van der Waals surface area (Å²) in [6.45, 7) is 1.01. The van der Waals surface area contributed by atoms with Crippen molar-refractivity contribution in [3.8, 4) is 11.1 Å². The van der Waals surface area contributed by atoms with E-state index >= 15 is 0 Å². The lowest BCUT2D eigenvalue weighted by Gasteiger charge is -2.30. The fraction of sp³-hybridized carbons (Fsp3) is 0.333. The quantitative estimate of drug-likeness (QED) is 0.280. The number of ether oxygens (including phenoxy) is 1. The van der Waals surface area contributed by atoms with Crippen LogP contribution in [0.2, 0.25) is 0 Å². The van der Waals surface area contributed by atoms with Gasteiger partial charge in [-0.15, -0.1) is 0 Å². The van der Waals surface area contributed by atoms with E-state index in [1.165, 1.54) is 27.9 Å². The molecule has 6 nitrogen and oxygen atoms in total. The van der Waals surface area contributed by atoms with Crippen molar-refractivity contribution in [3.05, 3.63) is 90.0 Å². The van der Waals surface area contributed by atoms with Crippen LogP contribution >= 0.6 is 0 Å². The minimum atomic E-state index is -0.325. The Kier molecular flexibility index (Phi) is 7.10. The monoisotopic (exact) mass is 520 g/mol. The molecule has 1 saturated carbocycles. The predicted molar refractivity (Wildman–Crippen MR) is 159 cm³/mol. The van der Waals surface area contributed by atoms with Gasteiger partial charge >= 0.3 is 6.09 Å². The number of hydrogen-bond donors (Lipinski definition) is 2. The zero-order chi connectivity index (χ0) is 26.8. The summed E-state index contributed by atoms with van der Waals surface area (Å²) in [5.41, 5.74) is 7.12. The second-order valence-electron chi connectivity index (χ2n) is 11.0. The summed E-state index contributed by atoms with van der Waals surface area (Å²) in [6.07, 6.45) is 3.92. The SMILES string of the molecule is CN(C)c1cc(NC2CCC(CNC(=O)OCC3c4ccccc4-c4ccccc43)CC2)nc2ccccc12. The van der Waals surface area contributed by atoms with Crippen molar-refractivity contribution in [2.75, 3.05) is 37.5 Å². The summed E-state index contributed by atoms with van der Waals surface area (Å²) in [5, 5.41) is 7.86. The van der Waals surface area contributed by atoms with Crippen molar-refractivity contribution in [1.82, 2.24) is 10.3 Å². The van der Waals surface area contributed by atoms with Crippen LogP contribution in [0.3, 0.4) is 0 Å². The first kappa shape index (κ1) is 25.2. The number of anilines is 2. The molecule has 0 unspecified atom stereocenters. The molecule has 6 heteroatoms. The van der Waals surface area contributed by atoms with Gasteiger partial charge in [-0.3, -0.25) is 0 Å². The number of hydrogen-bond acceptors (Lipinski definition) is 5. The highest BCUT2D eigenvalue weighted by atomic mass is 16.5. The number of benzene rings is 3. The number of pyridine rings is 1. The van der Waals surface area contributed by atoms with Gasteiger partial charge in [-0.25, -0.2) is 9.78 Å². The molecule has 0 spiro atoms. The van der Waals surface area contributed by atoms with E-state index in [1.807, 2.05) is 6.07 Å². The van der Waals surface area contributed by atoms with Gasteiger partial charge < -0.3 is 20.3 Å². The van der Waals surface area contributed by atoms with E-state index in [2.05, 4.69) is 102 Å². The highest BCUT2D eigenvalue weighted by molar-refractivity contribution is 5.93. The topological polar surface area (TPSA) is 66.5 Å². The molecule has 2 aliphatic rings. The van der Waals surface area contributed by atoms with Gasteiger partial charge in [0.25, 0.3) is 0 Å². The molecule has 1 heterocycles. The number of nitrogens with one attached hydrogen (secondary N) is 2. The van der Waals surface area contributed by atoms with Crippen molar-refractivity contribution in [1.29, 1.82) is 0 Å². The molecule has 0 atom stereocenters. The molecule has 2 N–H and O–H groups in total. The summed E-state index contributed by atoms with van der Waals surface area (Å²) < 4.78 is 5.72. The molecule has 0 saturated heterocycles. The minimum absolute atomic E-state index is 0.0846. The Labute approximate surface area is 230 Å². The summed E-state index contributed by atoms with van der Waals surface area (Å²) in [6, 6.07) is 27.6. The predicted octanol–water partition coefficient (Wildman–Crippen LogP) is 6.81. The number of alkyl carbamates (subject to hydrolysis) is 1. The Morgan fingerprint density at radius 2 is 1.54 bits per heavy atom. The molecule has 0 aliphatic heterocycles. The molecule has 1 fully saturated rings. The molecule has 3 aromatic carbocycles. The van der Waals surface area contributed by atoms with Gasteiger partial charge in [0.15, 0.2) is 0 Å². The van der Waals surface area contributed by atoms with Crippen LogP contribution in [0.5, 0.6) is 0 Å². The molecule has 6 rings (SSSR count). The largest absolute Gasteiger partial charge is 0.449 e. The number of carbonyl (C=O) groups is 1. The van der Waals surface area contributed by atoms with E-state index in [-0.39, 0.29) is 12.0 Å². The molecule has 1 amide bonds. The minimum Gasteiger partial charge on any atom is -0.449 e. The third-order valence-corrected chi connectivity index (χ3v) is 8.25. The van der Waals surface area contributed by atoms with E-state index in [1.54, 1.807) is 0 Å². The lowest BCUT2D eigenvalue weighted by atomic mass is 9.86. The number of aromatic nitrogens is 1. The van der Waals surface area contributed by atoms with E-state index in [4.69, 9.17) is 9.72 Å². The molecule has 2 aliphatic carbocycles. The van der Waals surface area contributed by atoms with Crippen LogP contribution < -0.4 is 15.5 Å². The maximum absolute atomic E-state index is 12.6. The van der Waals surface area contributed by atoms with Crippen molar-refractivity contribution in [3.63, 3.8) is 0 Å². The van der Waals surface area contributed by atoms with Crippen LogP contribution in [-0.4, -0.2) is 44.4 Å². The Morgan fingerprint density at radius 1 is 0.897 bits per heavy atom. The second kappa shape index (κ2) is 11.0. The molecular weight excluding hydrogens is 484 g/mol. The molecule has 1 aromatic heterocycles. The van der Waals surface area contributed by atoms with Gasteiger partial charge in [-0.05, 0) is 59.9 Å². The van der Waals surface area contributed by atoms with Crippen LogP contribution in [0.25, 0.3) is 22.0 Å². The fourth-order valence-corrected chi connectivity index (χ4v) is 6.20. The number of amides is 1. The van der Waals surface area contributed by atoms with Crippen molar-refractivity contribution in [2.45, 2.75) is 37.6 Å². The average Bonchev–Trinajstić information content (AvgIpc) is 3.29. The van der Waals surface area contributed by atoms with E-state index in [9.17, 15) is 4.79 Å². The van der Waals surface area contributed by atoms with Crippen molar-refractivity contribution >= 4 is 28.5 Å². The first-order chi connectivity index (χ1) is 19.1. The lowest BCUT2D eigenvalue weighted by molar-refractivity contribution is 0.140. The normalized spacial score (nSPS) is 18.3. The van der Waals surface area contributed by atoms with Crippen LogP contribution in [0.4, 0.5) is 16.3 Å². The van der Waals surface area contributed by atoms with Crippen molar-refractivity contribution in [2.24, 2.45) is 5.92 Å². The van der Waals surface area contributed by atoms with Gasteiger partial charge in [-0.1, -0.05) is 66.7 Å². The number of rotatable bonds is 7. The maximum Gasteiger partial charge on any atom is 0.407 e. The number of nitrogens with zero attached hydrogens (tertiary/aromatic N) is 2. The second-order valence-corrected chi connectivity index (χ2v) is 11.0. The van der Waals surface area contributed by atoms with E-state index in [0.29, 0.717) is 25.1 Å². The Hall–Kier alpha value is -4.06. The number of para-hydroxylation sites is 1. The Bertz CT molecular complexity index is 1430. The molecule has 200 valence electrons. The number of carbonyl (C=O) groups excluding carboxylic acids is 1. The first-order valence-corrected chi connectivity index (χ1v) is 14.0. The van der Waals surface area contributed by atoms with Gasteiger partial charge in [-0.2, -0.15) is 0 Å². The van der Waals surface area contributed by atoms with Crippen LogP contribution in [-0.2, 0) is 4.74 Å². The van der Waals surface area contributed by atoms with Crippen LogP contribution in [0, 0.1) is 5.92 Å². The smallest absolute Gasteiger partial charge is 0.407 e. The third-order valence-electron chi connectivity index (χ3n) is 8.25. The van der Waals surface area contributed by atoms with Gasteiger partial charge in [0.2, 0.25) is 0 Å². The summed E-state index contributed by atoms with van der Waals surface area (Å²) in [7, 11) is 4.14. The van der Waals surface area contributed by atoms with E-state index in [0.717, 1.165) is 42.4 Å². The van der Waals surface area contributed by atoms with E-state index < -0.39 is 0 Å². The highest BCUT2D eigenvalue weighted by Gasteiger charge is 2.29. The standard InChI is InChI=1S/C33H36N4O2/c1-37(2)31-19-32(36-30-14-8-7-13-28(30)31)35-23-17-15-22(16-18-23)20-34-33(38)39-21-29-26-11-5-3-9-24(26)25-10-4-6-12-27(25)29/h3-14,19,22-23,29H,15-18,20-21H2,1-2H3,(H,34,38)(H,35,36). The lowest BCUT2D eigenvalue weighted by Crippen LogP contribution is -2.34. The van der Waals surface area contributed by atoms with Gasteiger partial charge in [0.1, 0.15) is 12.4 Å². The molecule has 39 heavy (non-hydrogen) atoms. The number of fused-ring (bicyclic) bond motifs is 4. The zero-order valence-electron chi connectivity index (χ0n) is 22.7. The summed E-state index contributed by atoms with van der Waals surface area (Å²) >= 11 is 0. The summed E-state index contributed by atoms with van der Waals surface area (Å²) in [5.74, 6) is 1.48. The Balaban J connectivity index is 0.987. The van der Waals surface area contributed by atoms with Crippen LogP contribution in [0.15, 0.2) is 78.9 Å². The van der Waals surface area contributed by atoms with Gasteiger partial charge in [0.05, 0.1) is 5.52 Å². The highest BCUT2D eigenvalue weighted by Crippen LogP contribution is 2.44. The maximum atomic E-state index is 12.6. The molecular formula is C33H36N4O2. The van der Waals surface area contributed by atoms with Crippen molar-refractivity contribution < 1.29 is 9.53 Å². The molecule has 0 radical (unpaired) electrons. The molecule has 0 bridgehead atoms. The average molecular weight is 521 g/mol. The molecule has 4 aromatic rings. The zero-order valence-corrected chi connectivity index (χ0v) is 22.7.